The summed E-state index contributed by atoms with van der Waals surface area (Å²) in [6.07, 6.45) is 0.579. The quantitative estimate of drug-likeness (QED) is 0.359. The third-order valence-electron chi connectivity index (χ3n) is 5.46. The Balaban J connectivity index is 1.63. The average molecular weight is 503 g/mol. The second kappa shape index (κ2) is 9.69. The van der Waals surface area contributed by atoms with Crippen molar-refractivity contribution in [1.29, 1.82) is 0 Å². The Morgan fingerprint density at radius 2 is 1.82 bits per heavy atom. The van der Waals surface area contributed by atoms with Crippen LogP contribution in [0.5, 0.6) is 5.75 Å². The number of rotatable bonds is 8. The summed E-state index contributed by atoms with van der Waals surface area (Å²) in [6.45, 7) is 2.24. The van der Waals surface area contributed by atoms with E-state index in [1.54, 1.807) is 42.0 Å². The Labute approximate surface area is 201 Å². The topological polar surface area (TPSA) is 77.4 Å². The second-order valence-electron chi connectivity index (χ2n) is 7.53. The molecule has 0 radical (unpaired) electrons. The lowest BCUT2D eigenvalue weighted by atomic mass is 10.1. The molecule has 9 heteroatoms. The number of thiazole rings is 1. The van der Waals surface area contributed by atoms with Crippen molar-refractivity contribution in [3.05, 3.63) is 92.5 Å². The van der Waals surface area contributed by atoms with E-state index in [-0.39, 0.29) is 15.8 Å². The fourth-order valence-electron chi connectivity index (χ4n) is 3.64. The number of nitrogens with one attached hydrogen (secondary N) is 1. The van der Waals surface area contributed by atoms with Crippen LogP contribution in [-0.2, 0) is 16.6 Å². The maximum Gasteiger partial charge on any atom is 0.308 e. The zero-order chi connectivity index (χ0) is 23.6. The largest absolute Gasteiger partial charge is 0.497 e. The van der Waals surface area contributed by atoms with E-state index in [1.165, 1.54) is 6.07 Å². The molecule has 1 heterocycles. The number of sulfonamides is 1. The minimum Gasteiger partial charge on any atom is -0.497 e. The van der Waals surface area contributed by atoms with Crippen molar-refractivity contribution in [3.8, 4) is 5.75 Å². The first kappa shape index (κ1) is 23.5. The third-order valence-corrected chi connectivity index (χ3v) is 8.24. The molecule has 0 bridgehead atoms. The van der Waals surface area contributed by atoms with Crippen molar-refractivity contribution in [2.75, 3.05) is 7.11 Å². The summed E-state index contributed by atoms with van der Waals surface area (Å²) in [6, 6.07) is 19.0. The van der Waals surface area contributed by atoms with E-state index >= 15 is 0 Å². The Morgan fingerprint density at radius 1 is 1.09 bits per heavy atom. The van der Waals surface area contributed by atoms with Crippen molar-refractivity contribution in [3.63, 3.8) is 0 Å². The lowest BCUT2D eigenvalue weighted by Crippen LogP contribution is -2.28. The monoisotopic (exact) mass is 502 g/mol. The fraction of sp³-hybridized carbons (Fsp3) is 0.208. The van der Waals surface area contributed by atoms with Gasteiger partial charge in [-0.1, -0.05) is 60.2 Å². The second-order valence-corrected chi connectivity index (χ2v) is 10.6. The first-order valence-corrected chi connectivity index (χ1v) is 13.0. The summed E-state index contributed by atoms with van der Waals surface area (Å²) in [5, 5.41) is 0.580. The number of hydrogen-bond acceptors (Lipinski definition) is 5. The van der Waals surface area contributed by atoms with Crippen LogP contribution in [0.15, 0.2) is 76.4 Å². The van der Waals surface area contributed by atoms with Crippen LogP contribution in [0.4, 0.5) is 0 Å². The van der Waals surface area contributed by atoms with Gasteiger partial charge in [0.1, 0.15) is 5.75 Å². The predicted molar refractivity (Wildman–Crippen MR) is 133 cm³/mol. The molecule has 1 aromatic heterocycles. The van der Waals surface area contributed by atoms with Gasteiger partial charge in [0.25, 0.3) is 0 Å². The molecular weight excluding hydrogens is 480 g/mol. The van der Waals surface area contributed by atoms with E-state index in [1.807, 2.05) is 37.3 Å². The summed E-state index contributed by atoms with van der Waals surface area (Å²) in [7, 11) is -2.22. The molecular formula is C24H23ClN2O4S2. The number of halogens is 1. The molecule has 6 nitrogen and oxygen atoms in total. The molecule has 0 unspecified atom stereocenters. The molecule has 0 spiro atoms. The highest BCUT2D eigenvalue weighted by molar-refractivity contribution is 7.89. The van der Waals surface area contributed by atoms with E-state index in [4.69, 9.17) is 16.3 Å². The molecule has 3 aromatic carbocycles. The standard InChI is InChI=1S/C24H23ClN2O4S2/c1-3-21(16-8-10-18(31-2)11-9-16)26-33(29,30)19-12-13-22-23(14-19)32-24(28)27(22)15-17-6-4-5-7-20(17)25/h4-14,21,26H,3,15H2,1-2H3/t21-/m0/s1. The molecule has 0 aliphatic heterocycles. The van der Waals surface area contributed by atoms with Gasteiger partial charge in [-0.05, 0) is 53.9 Å². The predicted octanol–water partition coefficient (Wildman–Crippen LogP) is 5.20. The first-order chi connectivity index (χ1) is 15.8. The normalized spacial score (nSPS) is 12.7. The van der Waals surface area contributed by atoms with Crippen LogP contribution < -0.4 is 14.3 Å². The van der Waals surface area contributed by atoms with Crippen molar-refractivity contribution < 1.29 is 13.2 Å². The number of benzene rings is 3. The Kier molecular flexibility index (Phi) is 6.90. The summed E-state index contributed by atoms with van der Waals surface area (Å²) in [5.41, 5.74) is 2.34. The van der Waals surface area contributed by atoms with Gasteiger partial charge in [0.2, 0.25) is 10.0 Å². The molecule has 0 fully saturated rings. The van der Waals surface area contributed by atoms with E-state index < -0.39 is 10.0 Å². The van der Waals surface area contributed by atoms with Crippen molar-refractivity contribution in [2.24, 2.45) is 0 Å². The van der Waals surface area contributed by atoms with Gasteiger partial charge in [0.05, 0.1) is 28.8 Å². The van der Waals surface area contributed by atoms with Crippen LogP contribution in [-0.4, -0.2) is 20.1 Å². The smallest absolute Gasteiger partial charge is 0.308 e. The maximum atomic E-state index is 13.1. The molecule has 172 valence electrons. The van der Waals surface area contributed by atoms with Crippen molar-refractivity contribution in [2.45, 2.75) is 30.8 Å². The van der Waals surface area contributed by atoms with Crippen LogP contribution in [0.25, 0.3) is 10.2 Å². The van der Waals surface area contributed by atoms with Gasteiger partial charge in [-0.2, -0.15) is 0 Å². The van der Waals surface area contributed by atoms with Crippen LogP contribution >= 0.6 is 22.9 Å². The van der Waals surface area contributed by atoms with E-state index in [2.05, 4.69) is 4.72 Å². The van der Waals surface area contributed by atoms with E-state index in [9.17, 15) is 13.2 Å². The molecule has 4 rings (SSSR count). The Bertz CT molecular complexity index is 1440. The van der Waals surface area contributed by atoms with E-state index in [0.29, 0.717) is 34.0 Å². The lowest BCUT2D eigenvalue weighted by Gasteiger charge is -2.18. The van der Waals surface area contributed by atoms with Crippen molar-refractivity contribution >= 4 is 43.2 Å². The summed E-state index contributed by atoms with van der Waals surface area (Å²) < 4.78 is 36.4. The minimum atomic E-state index is -3.80. The molecule has 0 aliphatic rings. The van der Waals surface area contributed by atoms with Crippen LogP contribution in [0.2, 0.25) is 5.02 Å². The molecule has 0 saturated heterocycles. The van der Waals surface area contributed by atoms with E-state index in [0.717, 1.165) is 22.5 Å². The van der Waals surface area contributed by atoms with Gasteiger partial charge in [0, 0.05) is 11.1 Å². The highest BCUT2D eigenvalue weighted by atomic mass is 35.5. The molecule has 0 aliphatic carbocycles. The van der Waals surface area contributed by atoms with Gasteiger partial charge < -0.3 is 4.74 Å². The zero-order valence-corrected chi connectivity index (χ0v) is 20.5. The third kappa shape index (κ3) is 4.99. The molecule has 1 N–H and O–H groups in total. The zero-order valence-electron chi connectivity index (χ0n) is 18.1. The number of ether oxygens (including phenoxy) is 1. The number of methoxy groups -OCH3 is 1. The van der Waals surface area contributed by atoms with Gasteiger partial charge in [0.15, 0.2) is 0 Å². The van der Waals surface area contributed by atoms with Crippen molar-refractivity contribution in [1.82, 2.24) is 9.29 Å². The van der Waals surface area contributed by atoms with Gasteiger partial charge in [-0.25, -0.2) is 13.1 Å². The minimum absolute atomic E-state index is 0.119. The highest BCUT2D eigenvalue weighted by Gasteiger charge is 2.22. The Morgan fingerprint density at radius 3 is 2.48 bits per heavy atom. The lowest BCUT2D eigenvalue weighted by molar-refractivity contribution is 0.414. The SMILES string of the molecule is CC[C@H](NS(=O)(=O)c1ccc2c(c1)sc(=O)n2Cc1ccccc1Cl)c1ccc(OC)cc1. The fourth-order valence-corrected chi connectivity index (χ4v) is 6.17. The van der Waals surface area contributed by atoms with Crippen LogP contribution in [0.1, 0.15) is 30.5 Å². The maximum absolute atomic E-state index is 13.1. The first-order valence-electron chi connectivity index (χ1n) is 10.4. The molecule has 0 saturated carbocycles. The average Bonchev–Trinajstić information content (AvgIpc) is 3.13. The molecule has 4 aromatic rings. The number of nitrogens with zero attached hydrogens (tertiary/aromatic N) is 1. The highest BCUT2D eigenvalue weighted by Crippen LogP contribution is 2.26. The van der Waals surface area contributed by atoms with Gasteiger partial charge >= 0.3 is 4.87 Å². The number of hydrogen-bond donors (Lipinski definition) is 1. The number of fused-ring (bicyclic) bond motifs is 1. The molecule has 1 atom stereocenters. The van der Waals surface area contributed by atoms with Crippen LogP contribution in [0.3, 0.4) is 0 Å². The number of aromatic nitrogens is 1. The summed E-state index contributed by atoms with van der Waals surface area (Å²) >= 11 is 7.27. The Hall–Kier alpha value is -2.65. The van der Waals surface area contributed by atoms with Gasteiger partial charge in [-0.3, -0.25) is 9.36 Å². The molecule has 0 amide bonds. The van der Waals surface area contributed by atoms with Gasteiger partial charge in [-0.15, -0.1) is 0 Å². The molecule has 33 heavy (non-hydrogen) atoms. The summed E-state index contributed by atoms with van der Waals surface area (Å²) in [4.78, 5) is 12.6. The van der Waals surface area contributed by atoms with Crippen LogP contribution in [0, 0.1) is 0 Å². The summed E-state index contributed by atoms with van der Waals surface area (Å²) in [5.74, 6) is 0.707.